The molecule has 0 amide bonds. The first-order valence-electron chi connectivity index (χ1n) is 9.57. The number of aryl methyl sites for hydroxylation is 1. The highest BCUT2D eigenvalue weighted by Gasteiger charge is 2.24. The van der Waals surface area contributed by atoms with E-state index in [1.165, 1.54) is 0 Å². The number of ether oxygens (including phenoxy) is 2. The largest absolute Gasteiger partial charge is 0.494 e. The Balaban J connectivity index is 1.39. The summed E-state index contributed by atoms with van der Waals surface area (Å²) in [6.45, 7) is 1.95. The summed E-state index contributed by atoms with van der Waals surface area (Å²) >= 11 is 0. The Kier molecular flexibility index (Phi) is 5.14. The Labute approximate surface area is 164 Å². The number of nitrogens with two attached hydrogens (primary N) is 1. The number of fused-ring (bicyclic) bond motifs is 1. The molecule has 4 rings (SSSR count). The molecule has 0 aliphatic heterocycles. The number of benzene rings is 1. The Hall–Kier alpha value is -3.09. The summed E-state index contributed by atoms with van der Waals surface area (Å²) in [7, 11) is 1.61. The second-order valence-corrected chi connectivity index (χ2v) is 7.19. The number of rotatable bonds is 5. The molecule has 1 aliphatic rings. The highest BCUT2D eigenvalue weighted by molar-refractivity contribution is 5.95. The van der Waals surface area contributed by atoms with Gasteiger partial charge in [-0.3, -0.25) is 4.98 Å². The Morgan fingerprint density at radius 3 is 2.57 bits per heavy atom. The van der Waals surface area contributed by atoms with Crippen LogP contribution in [0.1, 0.15) is 31.4 Å². The fourth-order valence-corrected chi connectivity index (χ4v) is 3.70. The number of anilines is 2. The van der Waals surface area contributed by atoms with Crippen LogP contribution in [0.4, 0.5) is 11.6 Å². The third-order valence-corrected chi connectivity index (χ3v) is 5.12. The third-order valence-electron chi connectivity index (χ3n) is 5.12. The van der Waals surface area contributed by atoms with Crippen LogP contribution in [0.15, 0.2) is 36.7 Å². The number of pyridine rings is 1. The van der Waals surface area contributed by atoms with E-state index in [-0.39, 0.29) is 6.10 Å². The first-order chi connectivity index (χ1) is 13.6. The van der Waals surface area contributed by atoms with E-state index in [2.05, 4.69) is 20.3 Å². The predicted octanol–water partition coefficient (Wildman–Crippen LogP) is 3.73. The van der Waals surface area contributed by atoms with Gasteiger partial charge >= 0.3 is 0 Å². The van der Waals surface area contributed by atoms with E-state index in [0.29, 0.717) is 23.4 Å². The van der Waals surface area contributed by atoms with Crippen LogP contribution >= 0.6 is 0 Å². The number of hydrogen-bond donors (Lipinski definition) is 2. The van der Waals surface area contributed by atoms with Crippen molar-refractivity contribution >= 4 is 22.5 Å². The molecule has 2 aromatic heterocycles. The first-order valence-corrected chi connectivity index (χ1v) is 9.57. The van der Waals surface area contributed by atoms with Crippen molar-refractivity contribution in [2.75, 3.05) is 18.2 Å². The van der Waals surface area contributed by atoms with Gasteiger partial charge < -0.3 is 20.5 Å². The van der Waals surface area contributed by atoms with Crippen molar-refractivity contribution in [2.24, 2.45) is 0 Å². The third kappa shape index (κ3) is 3.93. The molecule has 0 bridgehead atoms. The first kappa shape index (κ1) is 18.3. The molecule has 3 aromatic rings. The van der Waals surface area contributed by atoms with Crippen LogP contribution in [-0.2, 0) is 0 Å². The van der Waals surface area contributed by atoms with E-state index in [1.807, 2.05) is 31.2 Å². The Morgan fingerprint density at radius 1 is 1.11 bits per heavy atom. The van der Waals surface area contributed by atoms with Crippen LogP contribution in [0.25, 0.3) is 10.9 Å². The van der Waals surface area contributed by atoms with Gasteiger partial charge in [-0.05, 0) is 50.8 Å². The number of methoxy groups -OCH3 is 1. The summed E-state index contributed by atoms with van der Waals surface area (Å²) < 4.78 is 11.4. The van der Waals surface area contributed by atoms with Crippen molar-refractivity contribution in [3.63, 3.8) is 0 Å². The van der Waals surface area contributed by atoms with Gasteiger partial charge in [-0.15, -0.1) is 0 Å². The van der Waals surface area contributed by atoms with Gasteiger partial charge in [0.1, 0.15) is 5.75 Å². The van der Waals surface area contributed by atoms with E-state index in [1.54, 1.807) is 19.5 Å². The molecule has 0 radical (unpaired) electrons. The minimum absolute atomic E-state index is 0.168. The standard InChI is InChI=1S/C21H25N5O2/c1-13-10-17(22)20-18(25-13)4-3-5-19(20)28-15-8-6-14(7-9-15)26-21-23-11-16(27-2)12-24-21/h3-5,10-12,14-15H,6-9H2,1-2H3,(H2,22,25)(H,23,24,26)/t14-,15-. The highest BCUT2D eigenvalue weighted by atomic mass is 16.5. The molecule has 3 N–H and O–H groups in total. The van der Waals surface area contributed by atoms with Crippen molar-refractivity contribution in [1.29, 1.82) is 0 Å². The predicted molar refractivity (Wildman–Crippen MR) is 110 cm³/mol. The SMILES string of the molecule is COc1cnc(N[C@H]2CC[C@H](Oc3cccc4nc(C)cc(N)c34)CC2)nc1. The fraction of sp³-hybridized carbons (Fsp3) is 0.381. The molecule has 7 nitrogen and oxygen atoms in total. The molecule has 0 atom stereocenters. The maximum absolute atomic E-state index is 6.32. The van der Waals surface area contributed by atoms with Gasteiger partial charge in [0.25, 0.3) is 0 Å². The second-order valence-electron chi connectivity index (χ2n) is 7.19. The average molecular weight is 379 g/mol. The van der Waals surface area contributed by atoms with Gasteiger partial charge in [0.05, 0.1) is 36.5 Å². The molecule has 0 spiro atoms. The Bertz CT molecular complexity index is 953. The summed E-state index contributed by atoms with van der Waals surface area (Å²) in [5.74, 6) is 2.10. The molecule has 0 saturated heterocycles. The van der Waals surface area contributed by atoms with Crippen molar-refractivity contribution in [2.45, 2.75) is 44.8 Å². The zero-order valence-corrected chi connectivity index (χ0v) is 16.2. The van der Waals surface area contributed by atoms with E-state index >= 15 is 0 Å². The lowest BCUT2D eigenvalue weighted by Gasteiger charge is -2.30. The van der Waals surface area contributed by atoms with Gasteiger partial charge in [-0.2, -0.15) is 0 Å². The van der Waals surface area contributed by atoms with Crippen molar-refractivity contribution in [3.05, 3.63) is 42.4 Å². The van der Waals surface area contributed by atoms with Crippen LogP contribution in [0, 0.1) is 6.92 Å². The molecule has 28 heavy (non-hydrogen) atoms. The quantitative estimate of drug-likeness (QED) is 0.697. The van der Waals surface area contributed by atoms with Gasteiger partial charge in [0, 0.05) is 17.4 Å². The van der Waals surface area contributed by atoms with Gasteiger partial charge in [0.15, 0.2) is 5.75 Å². The average Bonchev–Trinajstić information content (AvgIpc) is 2.70. The van der Waals surface area contributed by atoms with Crippen LogP contribution in [0.3, 0.4) is 0 Å². The number of nitrogen functional groups attached to an aromatic ring is 1. The lowest BCUT2D eigenvalue weighted by atomic mass is 9.93. The number of aromatic nitrogens is 3. The van der Waals surface area contributed by atoms with E-state index in [4.69, 9.17) is 15.2 Å². The maximum Gasteiger partial charge on any atom is 0.223 e. The monoisotopic (exact) mass is 379 g/mol. The summed E-state index contributed by atoms with van der Waals surface area (Å²) in [5.41, 5.74) is 8.74. The zero-order chi connectivity index (χ0) is 19.5. The topological polar surface area (TPSA) is 95.2 Å². The van der Waals surface area contributed by atoms with Crippen LogP contribution in [0.2, 0.25) is 0 Å². The lowest BCUT2D eigenvalue weighted by Crippen LogP contribution is -2.31. The van der Waals surface area contributed by atoms with Crippen molar-refractivity contribution in [1.82, 2.24) is 15.0 Å². The summed E-state index contributed by atoms with van der Waals surface area (Å²) in [4.78, 5) is 13.1. The number of nitrogens with zero attached hydrogens (tertiary/aromatic N) is 3. The van der Waals surface area contributed by atoms with E-state index in [0.717, 1.165) is 48.0 Å². The van der Waals surface area contributed by atoms with Crippen LogP contribution in [-0.4, -0.2) is 34.2 Å². The molecule has 0 unspecified atom stereocenters. The van der Waals surface area contributed by atoms with E-state index in [9.17, 15) is 0 Å². The fourth-order valence-electron chi connectivity index (χ4n) is 3.70. The van der Waals surface area contributed by atoms with E-state index < -0.39 is 0 Å². The molecule has 1 saturated carbocycles. The molecule has 1 aliphatic carbocycles. The molecule has 1 aromatic carbocycles. The second kappa shape index (κ2) is 7.88. The van der Waals surface area contributed by atoms with Crippen LogP contribution in [0.5, 0.6) is 11.5 Å². The molecule has 1 fully saturated rings. The van der Waals surface area contributed by atoms with Crippen molar-refractivity contribution < 1.29 is 9.47 Å². The normalized spacial score (nSPS) is 19.4. The molecule has 146 valence electrons. The molecular formula is C21H25N5O2. The summed E-state index contributed by atoms with van der Waals surface area (Å²) in [6, 6.07) is 8.16. The summed E-state index contributed by atoms with van der Waals surface area (Å²) in [5, 5.41) is 4.30. The number of hydrogen-bond acceptors (Lipinski definition) is 7. The highest BCUT2D eigenvalue weighted by Crippen LogP contribution is 2.33. The molecular weight excluding hydrogens is 354 g/mol. The molecule has 7 heteroatoms. The minimum atomic E-state index is 0.168. The van der Waals surface area contributed by atoms with Crippen molar-refractivity contribution in [3.8, 4) is 11.5 Å². The van der Waals surface area contributed by atoms with Gasteiger partial charge in [0.2, 0.25) is 5.95 Å². The molecule has 2 heterocycles. The van der Waals surface area contributed by atoms with Gasteiger partial charge in [-0.1, -0.05) is 6.07 Å². The zero-order valence-electron chi connectivity index (χ0n) is 16.2. The minimum Gasteiger partial charge on any atom is -0.494 e. The van der Waals surface area contributed by atoms with Crippen LogP contribution < -0.4 is 20.5 Å². The van der Waals surface area contributed by atoms with Gasteiger partial charge in [-0.25, -0.2) is 9.97 Å². The lowest BCUT2D eigenvalue weighted by molar-refractivity contribution is 0.152. The Morgan fingerprint density at radius 2 is 1.86 bits per heavy atom. The number of nitrogens with one attached hydrogen (secondary N) is 1. The smallest absolute Gasteiger partial charge is 0.223 e. The summed E-state index contributed by atoms with van der Waals surface area (Å²) in [6.07, 6.45) is 7.43. The maximum atomic E-state index is 6.32.